The molecule has 1 saturated heterocycles. The highest BCUT2D eigenvalue weighted by atomic mass is 19.1. The van der Waals surface area contributed by atoms with Crippen LogP contribution in [0.5, 0.6) is 0 Å². The molecule has 18 heavy (non-hydrogen) atoms. The van der Waals surface area contributed by atoms with Gasteiger partial charge in [0.1, 0.15) is 11.9 Å². The van der Waals surface area contributed by atoms with Crippen molar-refractivity contribution in [3.8, 4) is 0 Å². The minimum absolute atomic E-state index is 0.0743. The van der Waals surface area contributed by atoms with Gasteiger partial charge in [0.05, 0.1) is 7.11 Å². The SMILES string of the molecule is COC(=O)[C@H]1CCC(=O)N1Cc1ccc(F)cc1. The van der Waals surface area contributed by atoms with Crippen LogP contribution in [0, 0.1) is 5.82 Å². The highest BCUT2D eigenvalue weighted by Gasteiger charge is 2.36. The number of amides is 1. The maximum absolute atomic E-state index is 12.8. The fourth-order valence-electron chi connectivity index (χ4n) is 2.10. The Labute approximate surface area is 104 Å². The first-order chi connectivity index (χ1) is 8.61. The lowest BCUT2D eigenvalue weighted by molar-refractivity contribution is -0.149. The van der Waals surface area contributed by atoms with Gasteiger partial charge in [0.15, 0.2) is 0 Å². The molecule has 0 bridgehead atoms. The number of rotatable bonds is 3. The van der Waals surface area contributed by atoms with E-state index in [4.69, 9.17) is 0 Å². The molecule has 1 aliphatic rings. The first kappa shape index (κ1) is 12.5. The molecule has 0 N–H and O–H groups in total. The lowest BCUT2D eigenvalue weighted by Crippen LogP contribution is -2.38. The maximum Gasteiger partial charge on any atom is 0.328 e. The standard InChI is InChI=1S/C13H14FNO3/c1-18-13(17)11-6-7-12(16)15(11)8-9-2-4-10(14)5-3-9/h2-5,11H,6-8H2,1H3/t11-/m1/s1. The predicted octanol–water partition coefficient (Wildman–Crippen LogP) is 1.49. The molecule has 1 amide bonds. The normalized spacial score (nSPS) is 19.1. The molecule has 0 aromatic heterocycles. The molecule has 2 rings (SSSR count). The summed E-state index contributed by atoms with van der Waals surface area (Å²) >= 11 is 0. The number of hydrogen-bond donors (Lipinski definition) is 0. The van der Waals surface area contributed by atoms with E-state index in [-0.39, 0.29) is 11.7 Å². The number of carbonyl (C=O) groups is 2. The Hall–Kier alpha value is -1.91. The van der Waals surface area contributed by atoms with Gasteiger partial charge in [-0.05, 0) is 24.1 Å². The van der Waals surface area contributed by atoms with Crippen LogP contribution in [0.2, 0.25) is 0 Å². The molecule has 1 atom stereocenters. The molecule has 0 radical (unpaired) electrons. The molecule has 1 aromatic rings. The Morgan fingerprint density at radius 1 is 1.44 bits per heavy atom. The highest BCUT2D eigenvalue weighted by Crippen LogP contribution is 2.22. The van der Waals surface area contributed by atoms with Crippen molar-refractivity contribution < 1.29 is 18.7 Å². The summed E-state index contributed by atoms with van der Waals surface area (Å²) in [6.07, 6.45) is 0.827. The first-order valence-electron chi connectivity index (χ1n) is 5.73. The van der Waals surface area contributed by atoms with Crippen molar-refractivity contribution in [1.29, 1.82) is 0 Å². The summed E-state index contributed by atoms with van der Waals surface area (Å²) in [7, 11) is 1.31. The molecule has 1 fully saturated rings. The summed E-state index contributed by atoms with van der Waals surface area (Å²) < 4.78 is 17.5. The van der Waals surface area contributed by atoms with E-state index >= 15 is 0 Å². The van der Waals surface area contributed by atoms with E-state index in [1.54, 1.807) is 12.1 Å². The lowest BCUT2D eigenvalue weighted by Gasteiger charge is -2.22. The summed E-state index contributed by atoms with van der Waals surface area (Å²) in [5, 5.41) is 0. The number of hydrogen-bond acceptors (Lipinski definition) is 3. The van der Waals surface area contributed by atoms with Gasteiger partial charge in [-0.25, -0.2) is 9.18 Å². The molecule has 96 valence electrons. The summed E-state index contributed by atoms with van der Waals surface area (Å²) in [4.78, 5) is 24.7. The van der Waals surface area contributed by atoms with Crippen molar-refractivity contribution in [3.63, 3.8) is 0 Å². The van der Waals surface area contributed by atoms with E-state index in [0.717, 1.165) is 5.56 Å². The average molecular weight is 251 g/mol. The average Bonchev–Trinajstić information content (AvgIpc) is 2.73. The predicted molar refractivity (Wildman–Crippen MR) is 62.0 cm³/mol. The van der Waals surface area contributed by atoms with Crippen molar-refractivity contribution in [3.05, 3.63) is 35.6 Å². The van der Waals surface area contributed by atoms with Crippen LogP contribution >= 0.6 is 0 Å². The Morgan fingerprint density at radius 2 is 2.11 bits per heavy atom. The zero-order valence-electron chi connectivity index (χ0n) is 10.1. The first-order valence-corrected chi connectivity index (χ1v) is 5.73. The summed E-state index contributed by atoms with van der Waals surface area (Å²) in [5.74, 6) is -0.797. The van der Waals surface area contributed by atoms with Crippen LogP contribution in [0.15, 0.2) is 24.3 Å². The Kier molecular flexibility index (Phi) is 3.60. The van der Waals surface area contributed by atoms with Gasteiger partial charge in [0.2, 0.25) is 5.91 Å². The van der Waals surface area contributed by atoms with Gasteiger partial charge in [-0.15, -0.1) is 0 Å². The van der Waals surface area contributed by atoms with E-state index in [9.17, 15) is 14.0 Å². The molecular weight excluding hydrogens is 237 g/mol. The molecule has 1 aliphatic heterocycles. The minimum atomic E-state index is -0.521. The van der Waals surface area contributed by atoms with Crippen LogP contribution in [0.25, 0.3) is 0 Å². The van der Waals surface area contributed by atoms with Gasteiger partial charge in [0, 0.05) is 13.0 Å². The number of likely N-dealkylation sites (tertiary alicyclic amines) is 1. The van der Waals surface area contributed by atoms with Crippen molar-refractivity contribution in [2.45, 2.75) is 25.4 Å². The second-order valence-corrected chi connectivity index (χ2v) is 4.23. The summed E-state index contributed by atoms with van der Waals surface area (Å²) in [5.41, 5.74) is 0.792. The quantitative estimate of drug-likeness (QED) is 0.765. The van der Waals surface area contributed by atoms with E-state index in [2.05, 4.69) is 4.74 Å². The molecule has 5 heteroatoms. The number of methoxy groups -OCH3 is 1. The molecule has 0 spiro atoms. The molecule has 0 saturated carbocycles. The zero-order chi connectivity index (χ0) is 13.1. The Bertz CT molecular complexity index is 458. The fourth-order valence-corrected chi connectivity index (χ4v) is 2.10. The van der Waals surface area contributed by atoms with Crippen LogP contribution in [-0.2, 0) is 20.9 Å². The summed E-state index contributed by atoms with van der Waals surface area (Å²) in [6.45, 7) is 0.304. The number of carbonyl (C=O) groups excluding carboxylic acids is 2. The van der Waals surface area contributed by atoms with Gasteiger partial charge in [-0.3, -0.25) is 4.79 Å². The van der Waals surface area contributed by atoms with Crippen LogP contribution in [0.3, 0.4) is 0 Å². The third-order valence-corrected chi connectivity index (χ3v) is 3.07. The number of esters is 1. The van der Waals surface area contributed by atoms with E-state index in [1.807, 2.05) is 0 Å². The van der Waals surface area contributed by atoms with Crippen molar-refractivity contribution in [2.75, 3.05) is 7.11 Å². The molecule has 4 nitrogen and oxygen atoms in total. The number of benzene rings is 1. The van der Waals surface area contributed by atoms with Crippen molar-refractivity contribution >= 4 is 11.9 Å². The van der Waals surface area contributed by atoms with Gasteiger partial charge in [0.25, 0.3) is 0 Å². The number of nitrogens with zero attached hydrogens (tertiary/aromatic N) is 1. The summed E-state index contributed by atoms with van der Waals surface area (Å²) in [6, 6.07) is 5.36. The largest absolute Gasteiger partial charge is 0.467 e. The Morgan fingerprint density at radius 3 is 2.72 bits per heavy atom. The van der Waals surface area contributed by atoms with Crippen LogP contribution in [0.4, 0.5) is 4.39 Å². The van der Waals surface area contributed by atoms with Crippen LogP contribution in [-0.4, -0.2) is 29.9 Å². The number of ether oxygens (including phenoxy) is 1. The van der Waals surface area contributed by atoms with Gasteiger partial charge >= 0.3 is 5.97 Å². The molecule has 1 heterocycles. The minimum Gasteiger partial charge on any atom is -0.467 e. The van der Waals surface area contributed by atoms with E-state index in [0.29, 0.717) is 19.4 Å². The van der Waals surface area contributed by atoms with Crippen molar-refractivity contribution in [1.82, 2.24) is 4.90 Å². The van der Waals surface area contributed by atoms with Crippen LogP contribution < -0.4 is 0 Å². The lowest BCUT2D eigenvalue weighted by atomic mass is 10.2. The number of halogens is 1. The maximum atomic E-state index is 12.8. The topological polar surface area (TPSA) is 46.6 Å². The second kappa shape index (κ2) is 5.16. The van der Waals surface area contributed by atoms with Crippen molar-refractivity contribution in [2.24, 2.45) is 0 Å². The molecule has 0 unspecified atom stereocenters. The van der Waals surface area contributed by atoms with Gasteiger partial charge in [-0.2, -0.15) is 0 Å². The molecule has 1 aromatic carbocycles. The third-order valence-electron chi connectivity index (χ3n) is 3.07. The smallest absolute Gasteiger partial charge is 0.328 e. The Balaban J connectivity index is 2.12. The van der Waals surface area contributed by atoms with Crippen LogP contribution in [0.1, 0.15) is 18.4 Å². The highest BCUT2D eigenvalue weighted by molar-refractivity contribution is 5.88. The van der Waals surface area contributed by atoms with E-state index < -0.39 is 12.0 Å². The van der Waals surface area contributed by atoms with Gasteiger partial charge in [-0.1, -0.05) is 12.1 Å². The third kappa shape index (κ3) is 2.50. The molecular formula is C13H14FNO3. The van der Waals surface area contributed by atoms with E-state index in [1.165, 1.54) is 24.1 Å². The zero-order valence-corrected chi connectivity index (χ0v) is 10.1. The fraction of sp³-hybridized carbons (Fsp3) is 0.385. The second-order valence-electron chi connectivity index (χ2n) is 4.23. The molecule has 0 aliphatic carbocycles. The monoisotopic (exact) mass is 251 g/mol. The van der Waals surface area contributed by atoms with Gasteiger partial charge < -0.3 is 9.64 Å².